The topological polar surface area (TPSA) is 99.2 Å². The van der Waals surface area contributed by atoms with E-state index in [1.165, 1.54) is 0 Å². The molecule has 1 amide bonds. The van der Waals surface area contributed by atoms with E-state index in [9.17, 15) is 4.79 Å². The second-order valence-electron chi connectivity index (χ2n) is 10.4. The van der Waals surface area contributed by atoms with E-state index in [2.05, 4.69) is 63.2 Å². The number of amides is 1. The number of likely N-dealkylation sites (N-methyl/N-ethyl adjacent to an activating group) is 1. The highest BCUT2D eigenvalue weighted by Crippen LogP contribution is 2.25. The van der Waals surface area contributed by atoms with Crippen LogP contribution in [0.2, 0.25) is 0 Å². The van der Waals surface area contributed by atoms with Crippen LogP contribution in [0.15, 0.2) is 61.2 Å². The Bertz CT molecular complexity index is 1420. The van der Waals surface area contributed by atoms with Crippen LogP contribution >= 0.6 is 0 Å². The van der Waals surface area contributed by atoms with Crippen molar-refractivity contribution in [2.75, 3.05) is 48.8 Å². The normalized spacial score (nSPS) is 14.5. The van der Waals surface area contributed by atoms with Crippen molar-refractivity contribution in [1.82, 2.24) is 24.8 Å². The largest absolute Gasteiger partial charge is 0.364 e. The van der Waals surface area contributed by atoms with Gasteiger partial charge in [-0.05, 0) is 57.5 Å². The number of hydrogen-bond donors (Lipinski definition) is 2. The molecule has 0 aliphatic carbocycles. The molecule has 0 spiro atoms. The average molecular weight is 497 g/mol. The third-order valence-corrected chi connectivity index (χ3v) is 6.23. The van der Waals surface area contributed by atoms with E-state index >= 15 is 0 Å². The van der Waals surface area contributed by atoms with Gasteiger partial charge in [-0.15, -0.1) is 0 Å². The minimum Gasteiger partial charge on any atom is -0.364 e. The first kappa shape index (κ1) is 24.6. The zero-order chi connectivity index (χ0) is 26.0. The first-order chi connectivity index (χ1) is 17.7. The van der Waals surface area contributed by atoms with E-state index in [4.69, 9.17) is 4.98 Å². The summed E-state index contributed by atoms with van der Waals surface area (Å²) in [6, 6.07) is 11.5. The highest BCUT2D eigenvalue weighted by molar-refractivity contribution is 6.05. The first-order valence-electron chi connectivity index (χ1n) is 12.4. The molecule has 3 aromatic heterocycles. The van der Waals surface area contributed by atoms with Gasteiger partial charge >= 0.3 is 0 Å². The van der Waals surface area contributed by atoms with E-state index in [-0.39, 0.29) is 11.4 Å². The molecule has 1 fully saturated rings. The molecule has 190 valence electrons. The lowest BCUT2D eigenvalue weighted by Gasteiger charge is -2.33. The van der Waals surface area contributed by atoms with Crippen LogP contribution in [0.1, 0.15) is 31.1 Å². The molecule has 0 saturated carbocycles. The molecule has 5 rings (SSSR count). The highest BCUT2D eigenvalue weighted by atomic mass is 16.1. The van der Waals surface area contributed by atoms with Gasteiger partial charge in [0.05, 0.1) is 18.1 Å². The Balaban J connectivity index is 1.35. The Morgan fingerprint density at radius 3 is 2.49 bits per heavy atom. The Morgan fingerprint density at radius 2 is 1.70 bits per heavy atom. The number of hydrogen-bond acceptors (Lipinski definition) is 8. The second kappa shape index (κ2) is 10.1. The zero-order valence-corrected chi connectivity index (χ0v) is 21.7. The molecule has 9 heteroatoms. The average Bonchev–Trinajstić information content (AvgIpc) is 2.88. The van der Waals surface area contributed by atoms with E-state index in [1.807, 2.05) is 30.3 Å². The van der Waals surface area contributed by atoms with Crippen LogP contribution in [-0.2, 0) is 0 Å². The van der Waals surface area contributed by atoms with Gasteiger partial charge in [0.15, 0.2) is 0 Å². The molecule has 0 radical (unpaired) electrons. The molecule has 2 N–H and O–H groups in total. The maximum Gasteiger partial charge on any atom is 0.257 e. The van der Waals surface area contributed by atoms with Crippen molar-refractivity contribution >= 4 is 34.1 Å². The van der Waals surface area contributed by atoms with Crippen molar-refractivity contribution in [3.8, 4) is 11.3 Å². The standard InChI is InChI=1S/C28H32N8O/c1-28(2,3)34-25-18-29-17-23(32-25)19-5-6-21-16-31-24(14-22(21)13-19)33-27(37)20-7-8-30-26(15-20)36-11-9-35(4)10-12-36/h5-8,13-18H,9-12H2,1-4H3,(H,32,34)(H,31,33,37). The van der Waals surface area contributed by atoms with Crippen LogP contribution in [0, 0.1) is 0 Å². The number of pyridine rings is 2. The molecule has 4 aromatic rings. The van der Waals surface area contributed by atoms with E-state index < -0.39 is 0 Å². The van der Waals surface area contributed by atoms with Crippen LogP contribution in [-0.4, -0.2) is 69.5 Å². The van der Waals surface area contributed by atoms with Crippen molar-refractivity contribution in [2.45, 2.75) is 26.3 Å². The number of benzene rings is 1. The van der Waals surface area contributed by atoms with Gasteiger partial charge in [0, 0.05) is 60.6 Å². The quantitative estimate of drug-likeness (QED) is 0.422. The summed E-state index contributed by atoms with van der Waals surface area (Å²) in [6.07, 6.45) is 6.93. The molecule has 1 aliphatic heterocycles. The second-order valence-corrected chi connectivity index (χ2v) is 10.4. The predicted molar refractivity (Wildman–Crippen MR) is 148 cm³/mol. The summed E-state index contributed by atoms with van der Waals surface area (Å²) >= 11 is 0. The molecule has 0 unspecified atom stereocenters. The van der Waals surface area contributed by atoms with Crippen molar-refractivity contribution in [3.05, 3.63) is 66.7 Å². The summed E-state index contributed by atoms with van der Waals surface area (Å²) < 4.78 is 0. The molecule has 9 nitrogen and oxygen atoms in total. The van der Waals surface area contributed by atoms with Gasteiger partial charge in [-0.3, -0.25) is 9.78 Å². The fourth-order valence-electron chi connectivity index (χ4n) is 4.27. The fraction of sp³-hybridized carbons (Fsp3) is 0.321. The molecule has 0 bridgehead atoms. The lowest BCUT2D eigenvalue weighted by atomic mass is 10.1. The Kier molecular flexibility index (Phi) is 6.71. The minimum absolute atomic E-state index is 0.116. The molecular weight excluding hydrogens is 464 g/mol. The van der Waals surface area contributed by atoms with Crippen LogP contribution in [0.4, 0.5) is 17.5 Å². The maximum absolute atomic E-state index is 13.0. The number of carbonyl (C=O) groups excluding carboxylic acids is 1. The lowest BCUT2D eigenvalue weighted by molar-refractivity contribution is 0.102. The number of fused-ring (bicyclic) bond motifs is 1. The van der Waals surface area contributed by atoms with E-state index in [0.29, 0.717) is 11.4 Å². The molecule has 37 heavy (non-hydrogen) atoms. The first-order valence-corrected chi connectivity index (χ1v) is 12.4. The molecule has 1 aromatic carbocycles. The number of rotatable bonds is 5. The monoisotopic (exact) mass is 496 g/mol. The van der Waals surface area contributed by atoms with Crippen molar-refractivity contribution in [3.63, 3.8) is 0 Å². The number of nitrogens with one attached hydrogen (secondary N) is 2. The summed E-state index contributed by atoms with van der Waals surface area (Å²) in [4.78, 5) is 35.6. The van der Waals surface area contributed by atoms with Crippen molar-refractivity contribution < 1.29 is 4.79 Å². The fourth-order valence-corrected chi connectivity index (χ4v) is 4.27. The van der Waals surface area contributed by atoms with Crippen LogP contribution in [0.5, 0.6) is 0 Å². The van der Waals surface area contributed by atoms with Gasteiger partial charge in [0.25, 0.3) is 5.91 Å². The number of piperazine rings is 1. The van der Waals surface area contributed by atoms with Gasteiger partial charge in [0.2, 0.25) is 0 Å². The number of anilines is 3. The van der Waals surface area contributed by atoms with Gasteiger partial charge in [-0.2, -0.15) is 0 Å². The van der Waals surface area contributed by atoms with Crippen LogP contribution < -0.4 is 15.5 Å². The summed E-state index contributed by atoms with van der Waals surface area (Å²) in [6.45, 7) is 9.98. The third-order valence-electron chi connectivity index (χ3n) is 6.23. The summed E-state index contributed by atoms with van der Waals surface area (Å²) in [5.74, 6) is 1.82. The SMILES string of the molecule is CN1CCN(c2cc(C(=O)Nc3cc4cc(-c5cncc(NC(C)(C)C)n5)ccc4cn3)ccn2)CC1. The van der Waals surface area contributed by atoms with Crippen molar-refractivity contribution in [1.29, 1.82) is 0 Å². The molecular formula is C28H32N8O. The summed E-state index contributed by atoms with van der Waals surface area (Å²) in [7, 11) is 2.11. The Morgan fingerprint density at radius 1 is 0.892 bits per heavy atom. The van der Waals surface area contributed by atoms with Crippen LogP contribution in [0.3, 0.4) is 0 Å². The van der Waals surface area contributed by atoms with E-state index in [1.54, 1.807) is 30.9 Å². The number of aromatic nitrogens is 4. The predicted octanol–water partition coefficient (Wildman–Crippen LogP) is 4.30. The Hall–Kier alpha value is -4.11. The summed E-state index contributed by atoms with van der Waals surface area (Å²) in [5, 5.41) is 8.22. The van der Waals surface area contributed by atoms with Gasteiger partial charge in [-0.1, -0.05) is 12.1 Å². The minimum atomic E-state index is -0.215. The van der Waals surface area contributed by atoms with Gasteiger partial charge < -0.3 is 20.4 Å². The molecule has 1 aliphatic rings. The van der Waals surface area contributed by atoms with Crippen LogP contribution in [0.25, 0.3) is 22.0 Å². The molecule has 0 atom stereocenters. The molecule has 4 heterocycles. The number of nitrogens with zero attached hydrogens (tertiary/aromatic N) is 6. The number of carbonyl (C=O) groups is 1. The smallest absolute Gasteiger partial charge is 0.257 e. The summed E-state index contributed by atoms with van der Waals surface area (Å²) in [5.41, 5.74) is 2.15. The highest BCUT2D eigenvalue weighted by Gasteiger charge is 2.17. The lowest BCUT2D eigenvalue weighted by Crippen LogP contribution is -2.44. The molecule has 1 saturated heterocycles. The van der Waals surface area contributed by atoms with Gasteiger partial charge in [-0.25, -0.2) is 15.0 Å². The van der Waals surface area contributed by atoms with Gasteiger partial charge in [0.1, 0.15) is 17.5 Å². The zero-order valence-electron chi connectivity index (χ0n) is 21.7. The van der Waals surface area contributed by atoms with E-state index in [0.717, 1.165) is 59.8 Å². The Labute approximate surface area is 217 Å². The third kappa shape index (κ3) is 6.00. The van der Waals surface area contributed by atoms with Crippen molar-refractivity contribution in [2.24, 2.45) is 0 Å². The maximum atomic E-state index is 13.0.